The van der Waals surface area contributed by atoms with Gasteiger partial charge in [0.2, 0.25) is 0 Å². The minimum atomic E-state index is -0.435. The van der Waals surface area contributed by atoms with Crippen molar-refractivity contribution in [2.24, 2.45) is 5.92 Å². The highest BCUT2D eigenvalue weighted by molar-refractivity contribution is 5.91. The van der Waals surface area contributed by atoms with Gasteiger partial charge >= 0.3 is 11.9 Å². The first-order chi connectivity index (χ1) is 16.6. The lowest BCUT2D eigenvalue weighted by molar-refractivity contribution is -0.150. The molecule has 1 aliphatic carbocycles. The molecule has 0 fully saturated rings. The second-order valence-electron chi connectivity index (χ2n) is 8.59. The number of nitrogens with one attached hydrogen (secondary N) is 2. The minimum absolute atomic E-state index is 0.243. The van der Waals surface area contributed by atoms with Crippen molar-refractivity contribution in [3.8, 4) is 0 Å². The van der Waals surface area contributed by atoms with Gasteiger partial charge in [-0.2, -0.15) is 0 Å². The summed E-state index contributed by atoms with van der Waals surface area (Å²) in [6, 6.07) is 19.1. The highest BCUT2D eigenvalue weighted by Gasteiger charge is 2.38. The van der Waals surface area contributed by atoms with Crippen LogP contribution in [0.2, 0.25) is 0 Å². The van der Waals surface area contributed by atoms with Crippen LogP contribution in [0.3, 0.4) is 0 Å². The van der Waals surface area contributed by atoms with Gasteiger partial charge in [-0.3, -0.25) is 4.79 Å². The summed E-state index contributed by atoms with van der Waals surface area (Å²) in [7, 11) is 0. The summed E-state index contributed by atoms with van der Waals surface area (Å²) in [5, 5.41) is 6.85. The third kappa shape index (κ3) is 7.37. The number of ether oxygens (including phenoxy) is 2. The van der Waals surface area contributed by atoms with Crippen LogP contribution < -0.4 is 10.6 Å². The molecule has 0 aromatic heterocycles. The molecule has 3 rings (SSSR count). The monoisotopic (exact) mass is 464 g/mol. The van der Waals surface area contributed by atoms with Gasteiger partial charge in [0, 0.05) is 36.0 Å². The van der Waals surface area contributed by atoms with E-state index in [4.69, 9.17) is 9.47 Å². The standard InChI is InChI=1S/C28H36N2O4/c1-3-5-17-33-27(31)23-19-26(30-22-15-11-8-12-16-22)24(28(32)34-18-6-4-2)20-25(23)29-21-13-9-7-10-14-21/h7-16,23,25,29-30H,3-6,17-20H2,1-2H3. The predicted octanol–water partition coefficient (Wildman–Crippen LogP) is 5.93. The van der Waals surface area contributed by atoms with Gasteiger partial charge in [-0.05, 0) is 37.1 Å². The van der Waals surface area contributed by atoms with Crippen LogP contribution in [-0.2, 0) is 19.1 Å². The lowest BCUT2D eigenvalue weighted by Crippen LogP contribution is -2.41. The molecule has 0 heterocycles. The number of hydrogen-bond donors (Lipinski definition) is 2. The highest BCUT2D eigenvalue weighted by atomic mass is 16.5. The highest BCUT2D eigenvalue weighted by Crippen LogP contribution is 2.34. The van der Waals surface area contributed by atoms with E-state index in [2.05, 4.69) is 24.5 Å². The molecule has 34 heavy (non-hydrogen) atoms. The van der Waals surface area contributed by atoms with E-state index in [9.17, 15) is 9.59 Å². The number of anilines is 2. The van der Waals surface area contributed by atoms with E-state index >= 15 is 0 Å². The number of rotatable bonds is 12. The molecule has 2 atom stereocenters. The zero-order valence-corrected chi connectivity index (χ0v) is 20.2. The molecule has 0 aliphatic heterocycles. The van der Waals surface area contributed by atoms with E-state index in [0.29, 0.717) is 31.6 Å². The first-order valence-electron chi connectivity index (χ1n) is 12.3. The molecule has 2 aromatic rings. The van der Waals surface area contributed by atoms with Crippen LogP contribution >= 0.6 is 0 Å². The van der Waals surface area contributed by atoms with Crippen molar-refractivity contribution in [2.75, 3.05) is 23.8 Å². The second kappa shape index (κ2) is 13.4. The van der Waals surface area contributed by atoms with Gasteiger partial charge in [-0.15, -0.1) is 0 Å². The Morgan fingerprint density at radius 2 is 1.41 bits per heavy atom. The van der Waals surface area contributed by atoms with Crippen molar-refractivity contribution in [2.45, 2.75) is 58.4 Å². The van der Waals surface area contributed by atoms with Crippen molar-refractivity contribution < 1.29 is 19.1 Å². The smallest absolute Gasteiger partial charge is 0.335 e. The molecule has 0 spiro atoms. The summed E-state index contributed by atoms with van der Waals surface area (Å²) < 4.78 is 11.2. The van der Waals surface area contributed by atoms with Crippen LogP contribution in [0.25, 0.3) is 0 Å². The largest absolute Gasteiger partial charge is 0.465 e. The van der Waals surface area contributed by atoms with Gasteiger partial charge in [-0.1, -0.05) is 63.1 Å². The van der Waals surface area contributed by atoms with Crippen molar-refractivity contribution >= 4 is 23.3 Å². The van der Waals surface area contributed by atoms with E-state index in [-0.39, 0.29) is 18.0 Å². The molecule has 1 aliphatic rings. The van der Waals surface area contributed by atoms with Crippen LogP contribution in [0.5, 0.6) is 0 Å². The Hall–Kier alpha value is -3.28. The predicted molar refractivity (Wildman–Crippen MR) is 135 cm³/mol. The normalized spacial score (nSPS) is 17.7. The fourth-order valence-corrected chi connectivity index (χ4v) is 3.97. The first kappa shape index (κ1) is 25.3. The number of benzene rings is 2. The van der Waals surface area contributed by atoms with Gasteiger partial charge < -0.3 is 20.1 Å². The average molecular weight is 465 g/mol. The van der Waals surface area contributed by atoms with Crippen molar-refractivity contribution in [3.05, 3.63) is 71.9 Å². The maximum atomic E-state index is 13.1. The Kier molecular flexibility index (Phi) is 10.0. The first-order valence-corrected chi connectivity index (χ1v) is 12.3. The molecule has 0 saturated heterocycles. The Morgan fingerprint density at radius 1 is 0.824 bits per heavy atom. The minimum Gasteiger partial charge on any atom is -0.465 e. The van der Waals surface area contributed by atoms with Crippen molar-refractivity contribution in [1.82, 2.24) is 0 Å². The van der Waals surface area contributed by atoms with Gasteiger partial charge in [-0.25, -0.2) is 4.79 Å². The second-order valence-corrected chi connectivity index (χ2v) is 8.59. The Labute approximate surface area is 202 Å². The number of allylic oxidation sites excluding steroid dienone is 1. The third-order valence-corrected chi connectivity index (χ3v) is 5.92. The Morgan fingerprint density at radius 3 is 2.03 bits per heavy atom. The SMILES string of the molecule is CCCCOC(=O)C1=C(Nc2ccccc2)CC(C(=O)OCCCC)C(Nc2ccccc2)C1. The molecular formula is C28H36N2O4. The number of unbranched alkanes of at least 4 members (excludes halogenated alkanes) is 2. The average Bonchev–Trinajstić information content (AvgIpc) is 2.86. The molecule has 2 unspecified atom stereocenters. The Balaban J connectivity index is 1.90. The number of carbonyl (C=O) groups excluding carboxylic acids is 2. The lowest BCUT2D eigenvalue weighted by Gasteiger charge is -2.34. The van der Waals surface area contributed by atoms with Crippen LogP contribution in [-0.4, -0.2) is 31.2 Å². The molecular weight excluding hydrogens is 428 g/mol. The van der Waals surface area contributed by atoms with Crippen LogP contribution in [0.1, 0.15) is 52.4 Å². The number of esters is 2. The van der Waals surface area contributed by atoms with Crippen molar-refractivity contribution in [1.29, 1.82) is 0 Å². The summed E-state index contributed by atoms with van der Waals surface area (Å²) in [4.78, 5) is 26.2. The van der Waals surface area contributed by atoms with Gasteiger partial charge in [0.15, 0.2) is 0 Å². The topological polar surface area (TPSA) is 76.7 Å². The zero-order valence-electron chi connectivity index (χ0n) is 20.2. The van der Waals surface area contributed by atoms with Crippen molar-refractivity contribution in [3.63, 3.8) is 0 Å². The third-order valence-electron chi connectivity index (χ3n) is 5.92. The number of hydrogen-bond acceptors (Lipinski definition) is 6. The molecule has 6 heteroatoms. The van der Waals surface area contributed by atoms with Crippen LogP contribution in [0, 0.1) is 5.92 Å². The van der Waals surface area contributed by atoms with Gasteiger partial charge in [0.25, 0.3) is 0 Å². The van der Waals surface area contributed by atoms with E-state index in [0.717, 1.165) is 42.8 Å². The van der Waals surface area contributed by atoms with E-state index in [1.165, 1.54) is 0 Å². The molecule has 0 bridgehead atoms. The summed E-state index contributed by atoms with van der Waals surface area (Å²) in [6.45, 7) is 4.91. The molecule has 0 amide bonds. The summed E-state index contributed by atoms with van der Waals surface area (Å²) >= 11 is 0. The fraction of sp³-hybridized carbons (Fsp3) is 0.429. The van der Waals surface area contributed by atoms with E-state index in [1.54, 1.807) is 0 Å². The van der Waals surface area contributed by atoms with E-state index < -0.39 is 5.92 Å². The number of carbonyl (C=O) groups is 2. The molecule has 2 aromatic carbocycles. The van der Waals surface area contributed by atoms with Gasteiger partial charge in [0.05, 0.1) is 24.7 Å². The fourth-order valence-electron chi connectivity index (χ4n) is 3.97. The maximum absolute atomic E-state index is 13.1. The molecule has 6 nitrogen and oxygen atoms in total. The molecule has 2 N–H and O–H groups in total. The lowest BCUT2D eigenvalue weighted by atomic mass is 9.82. The quantitative estimate of drug-likeness (QED) is 0.299. The van der Waals surface area contributed by atoms with E-state index in [1.807, 2.05) is 60.7 Å². The number of para-hydroxylation sites is 2. The maximum Gasteiger partial charge on any atom is 0.335 e. The molecule has 0 radical (unpaired) electrons. The zero-order chi connectivity index (χ0) is 24.2. The summed E-state index contributed by atoms with van der Waals surface area (Å²) in [5.41, 5.74) is 3.06. The Bertz CT molecular complexity index is 943. The van der Waals surface area contributed by atoms with Gasteiger partial charge in [0.1, 0.15) is 0 Å². The summed E-state index contributed by atoms with van der Waals surface area (Å²) in [6.07, 6.45) is 4.28. The molecule has 182 valence electrons. The summed E-state index contributed by atoms with van der Waals surface area (Å²) in [5.74, 6) is -1.01. The molecule has 0 saturated carbocycles. The van der Waals surface area contributed by atoms with Crippen LogP contribution in [0.4, 0.5) is 11.4 Å². The van der Waals surface area contributed by atoms with Crippen LogP contribution in [0.15, 0.2) is 71.9 Å².